The number of alkyl halides is 2. The van der Waals surface area contributed by atoms with Gasteiger partial charge in [-0.05, 0) is 30.9 Å². The minimum atomic E-state index is -2.95. The number of aromatic amines is 1. The quantitative estimate of drug-likeness (QED) is 0.817. The Morgan fingerprint density at radius 1 is 1.39 bits per heavy atom. The van der Waals surface area contributed by atoms with Gasteiger partial charge in [0.2, 0.25) is 0 Å². The third kappa shape index (κ3) is 3.00. The number of halogens is 2. The number of carboxylic acid groups (broad SMARTS) is 1. The third-order valence-electron chi connectivity index (χ3n) is 5.80. The number of ether oxygens (including phenoxy) is 1. The molecule has 2 N–H and O–H groups in total. The van der Waals surface area contributed by atoms with Gasteiger partial charge in [-0.3, -0.25) is 14.7 Å². The highest BCUT2D eigenvalue weighted by atomic mass is 19.3. The molecule has 0 bridgehead atoms. The fourth-order valence-corrected chi connectivity index (χ4v) is 4.46. The molecule has 1 aromatic carbocycles. The summed E-state index contributed by atoms with van der Waals surface area (Å²) in [5.41, 5.74) is 0.261. The van der Waals surface area contributed by atoms with Crippen LogP contribution in [0.5, 0.6) is 5.75 Å². The Hall–Kier alpha value is -2.97. The maximum atomic E-state index is 13.1. The number of hydrogen-bond donors (Lipinski definition) is 2. The van der Waals surface area contributed by atoms with Crippen LogP contribution in [0.2, 0.25) is 0 Å². The van der Waals surface area contributed by atoms with Crippen LogP contribution in [0.3, 0.4) is 0 Å². The van der Waals surface area contributed by atoms with Crippen LogP contribution in [-0.2, 0) is 4.79 Å². The van der Waals surface area contributed by atoms with Gasteiger partial charge < -0.3 is 14.7 Å². The highest BCUT2D eigenvalue weighted by Gasteiger charge is 2.56. The average molecular weight is 391 g/mol. The lowest BCUT2D eigenvalue weighted by Crippen LogP contribution is -2.37. The molecule has 1 aliphatic heterocycles. The van der Waals surface area contributed by atoms with Gasteiger partial charge in [-0.25, -0.2) is 0 Å². The van der Waals surface area contributed by atoms with Crippen molar-refractivity contribution in [2.24, 2.45) is 11.3 Å². The Morgan fingerprint density at radius 3 is 2.93 bits per heavy atom. The van der Waals surface area contributed by atoms with Gasteiger partial charge in [0.1, 0.15) is 5.75 Å². The topological polar surface area (TPSA) is 95.5 Å². The summed E-state index contributed by atoms with van der Waals surface area (Å²) in [6.45, 7) is -2.38. The minimum absolute atomic E-state index is 0.0268. The lowest BCUT2D eigenvalue weighted by atomic mass is 9.81. The largest absolute Gasteiger partial charge is 0.481 e. The average Bonchev–Trinajstić information content (AvgIpc) is 3.34. The Balaban J connectivity index is 1.60. The molecular weight excluding hydrogens is 372 g/mol. The number of hydrogen-bond acceptors (Lipinski definition) is 4. The smallest absolute Gasteiger partial charge is 0.387 e. The summed E-state index contributed by atoms with van der Waals surface area (Å²) in [6.07, 6.45) is 3.59. The number of benzene rings is 1. The zero-order chi connectivity index (χ0) is 19.9. The van der Waals surface area contributed by atoms with Crippen LogP contribution in [0, 0.1) is 11.3 Å². The molecule has 0 radical (unpaired) electrons. The van der Waals surface area contributed by atoms with Crippen molar-refractivity contribution in [1.29, 1.82) is 0 Å². The SMILES string of the molecule is O=C(c1cn[nH]c1-c1cccc(OC(F)F)c1)N1C[C@@H]2CCC[C@@]2(C(=O)O)C1. The van der Waals surface area contributed by atoms with Gasteiger partial charge in [-0.2, -0.15) is 13.9 Å². The van der Waals surface area contributed by atoms with Gasteiger partial charge in [-0.1, -0.05) is 18.6 Å². The molecule has 7 nitrogen and oxygen atoms in total. The molecule has 1 aromatic heterocycles. The molecule has 148 valence electrons. The number of likely N-dealkylation sites (tertiary alicyclic amines) is 1. The van der Waals surface area contributed by atoms with Gasteiger partial charge >= 0.3 is 12.6 Å². The van der Waals surface area contributed by atoms with E-state index in [9.17, 15) is 23.5 Å². The molecule has 9 heteroatoms. The van der Waals surface area contributed by atoms with Crippen molar-refractivity contribution in [2.75, 3.05) is 13.1 Å². The molecule has 2 aromatic rings. The Morgan fingerprint density at radius 2 is 2.21 bits per heavy atom. The monoisotopic (exact) mass is 391 g/mol. The summed E-state index contributed by atoms with van der Waals surface area (Å²) in [4.78, 5) is 26.5. The summed E-state index contributed by atoms with van der Waals surface area (Å²) in [5.74, 6) is -1.25. The van der Waals surface area contributed by atoms with Gasteiger partial charge in [0.15, 0.2) is 0 Å². The molecule has 1 saturated carbocycles. The van der Waals surface area contributed by atoms with Crippen molar-refractivity contribution >= 4 is 11.9 Å². The van der Waals surface area contributed by atoms with Crippen LogP contribution in [-0.4, -0.2) is 51.8 Å². The van der Waals surface area contributed by atoms with E-state index in [0.29, 0.717) is 24.2 Å². The van der Waals surface area contributed by atoms with Gasteiger partial charge in [0.25, 0.3) is 5.91 Å². The Kier molecular flexibility index (Phi) is 4.52. The zero-order valence-electron chi connectivity index (χ0n) is 14.9. The number of rotatable bonds is 5. The molecule has 2 fully saturated rings. The molecule has 4 rings (SSSR count). The third-order valence-corrected chi connectivity index (χ3v) is 5.80. The van der Waals surface area contributed by atoms with Crippen molar-refractivity contribution in [1.82, 2.24) is 15.1 Å². The first-order chi connectivity index (χ1) is 13.4. The summed E-state index contributed by atoms with van der Waals surface area (Å²) >= 11 is 0. The normalized spacial score (nSPS) is 23.8. The van der Waals surface area contributed by atoms with Crippen LogP contribution >= 0.6 is 0 Å². The molecule has 2 aliphatic rings. The fraction of sp³-hybridized carbons (Fsp3) is 0.421. The molecule has 1 amide bonds. The molecule has 28 heavy (non-hydrogen) atoms. The predicted octanol–water partition coefficient (Wildman–Crippen LogP) is 3.01. The second-order valence-corrected chi connectivity index (χ2v) is 7.30. The van der Waals surface area contributed by atoms with Gasteiger partial charge in [0, 0.05) is 18.7 Å². The standard InChI is InChI=1S/C19H19F2N3O4/c20-18(21)28-13-5-1-3-11(7-13)15-14(8-22-23-15)16(25)24-9-12-4-2-6-19(12,10-24)17(26)27/h1,3,5,7-8,12,18H,2,4,6,9-10H2,(H,22,23)(H,26,27)/t12-,19+/m0/s1. The van der Waals surface area contributed by atoms with Crippen molar-refractivity contribution in [3.05, 3.63) is 36.0 Å². The van der Waals surface area contributed by atoms with Crippen LogP contribution in [0.15, 0.2) is 30.5 Å². The lowest BCUT2D eigenvalue weighted by Gasteiger charge is -2.23. The van der Waals surface area contributed by atoms with E-state index < -0.39 is 18.0 Å². The number of amides is 1. The Labute approximate surface area is 159 Å². The number of aliphatic carboxylic acids is 1. The lowest BCUT2D eigenvalue weighted by molar-refractivity contribution is -0.149. The van der Waals surface area contributed by atoms with Crippen LogP contribution in [0.25, 0.3) is 11.3 Å². The summed E-state index contributed by atoms with van der Waals surface area (Å²) in [5, 5.41) is 16.4. The van der Waals surface area contributed by atoms with E-state index in [4.69, 9.17) is 0 Å². The number of nitrogens with zero attached hydrogens (tertiary/aromatic N) is 2. The number of nitrogens with one attached hydrogen (secondary N) is 1. The van der Waals surface area contributed by atoms with E-state index >= 15 is 0 Å². The first-order valence-corrected chi connectivity index (χ1v) is 9.02. The first kappa shape index (κ1) is 18.4. The predicted molar refractivity (Wildman–Crippen MR) is 94.0 cm³/mol. The first-order valence-electron chi connectivity index (χ1n) is 9.02. The van der Waals surface area contributed by atoms with E-state index in [2.05, 4.69) is 14.9 Å². The molecule has 0 spiro atoms. The van der Waals surface area contributed by atoms with Crippen molar-refractivity contribution in [3.8, 4) is 17.0 Å². The molecular formula is C19H19F2N3O4. The number of aromatic nitrogens is 2. The van der Waals surface area contributed by atoms with Crippen LogP contribution < -0.4 is 4.74 Å². The van der Waals surface area contributed by atoms with Crippen molar-refractivity contribution < 1.29 is 28.2 Å². The summed E-state index contributed by atoms with van der Waals surface area (Å²) < 4.78 is 29.4. The number of carbonyl (C=O) groups is 2. The highest BCUT2D eigenvalue weighted by Crippen LogP contribution is 2.49. The minimum Gasteiger partial charge on any atom is -0.481 e. The molecule has 2 atom stereocenters. The maximum Gasteiger partial charge on any atom is 0.387 e. The van der Waals surface area contributed by atoms with E-state index in [0.717, 1.165) is 12.8 Å². The highest BCUT2D eigenvalue weighted by molar-refractivity contribution is 6.00. The van der Waals surface area contributed by atoms with Gasteiger partial charge in [-0.15, -0.1) is 0 Å². The zero-order valence-corrected chi connectivity index (χ0v) is 14.9. The number of fused-ring (bicyclic) bond motifs is 1. The van der Waals surface area contributed by atoms with Crippen molar-refractivity contribution in [2.45, 2.75) is 25.9 Å². The number of carboxylic acids is 1. The Bertz CT molecular complexity index is 916. The van der Waals surface area contributed by atoms with Crippen LogP contribution in [0.4, 0.5) is 8.78 Å². The summed E-state index contributed by atoms with van der Waals surface area (Å²) in [7, 11) is 0. The number of H-pyrrole nitrogens is 1. The van der Waals surface area contributed by atoms with E-state index in [1.54, 1.807) is 17.0 Å². The molecule has 1 aliphatic carbocycles. The molecule has 1 saturated heterocycles. The van der Waals surface area contributed by atoms with E-state index in [-0.39, 0.29) is 29.7 Å². The second-order valence-electron chi connectivity index (χ2n) is 7.30. The summed E-state index contributed by atoms with van der Waals surface area (Å²) in [6, 6.07) is 5.99. The van der Waals surface area contributed by atoms with Crippen LogP contribution in [0.1, 0.15) is 29.6 Å². The fourth-order valence-electron chi connectivity index (χ4n) is 4.46. The second kappa shape index (κ2) is 6.88. The van der Waals surface area contributed by atoms with Crippen molar-refractivity contribution in [3.63, 3.8) is 0 Å². The van der Waals surface area contributed by atoms with E-state index in [1.165, 1.54) is 18.3 Å². The molecule has 2 heterocycles. The number of carbonyl (C=O) groups excluding carboxylic acids is 1. The maximum absolute atomic E-state index is 13.1. The molecule has 0 unspecified atom stereocenters. The van der Waals surface area contributed by atoms with Gasteiger partial charge in [0.05, 0.1) is 22.9 Å². The van der Waals surface area contributed by atoms with E-state index in [1.807, 2.05) is 0 Å².